The summed E-state index contributed by atoms with van der Waals surface area (Å²) in [5, 5.41) is 3.39. The summed E-state index contributed by atoms with van der Waals surface area (Å²) < 4.78 is 37.4. The van der Waals surface area contributed by atoms with Crippen LogP contribution in [0.25, 0.3) is 0 Å². The number of nitrogens with one attached hydrogen (secondary N) is 1. The monoisotopic (exact) mass is 523 g/mol. The first-order chi connectivity index (χ1) is 16.7. The van der Waals surface area contributed by atoms with Gasteiger partial charge in [-0.15, -0.1) is 0 Å². The van der Waals surface area contributed by atoms with Gasteiger partial charge in [-0.2, -0.15) is 13.2 Å². The Morgan fingerprint density at radius 3 is 2.28 bits per heavy atom. The number of piperidine rings is 1. The summed E-state index contributed by atoms with van der Waals surface area (Å²) in [4.78, 5) is 23.9. The Labute approximate surface area is 216 Å². The number of aromatic nitrogens is 1. The fraction of sp³-hybridized carbons (Fsp3) is 0.538. The zero-order valence-electron chi connectivity index (χ0n) is 19.9. The van der Waals surface area contributed by atoms with Crippen LogP contribution >= 0.6 is 11.8 Å². The molecule has 0 aliphatic carbocycles. The molecule has 10 heteroatoms. The second-order valence-electron chi connectivity index (χ2n) is 9.11. The lowest BCUT2D eigenvalue weighted by molar-refractivity contribution is -0.132. The van der Waals surface area contributed by atoms with Gasteiger partial charge in [0.25, 0.3) is 0 Å². The highest BCUT2D eigenvalue weighted by atomic mass is 32.2. The molecule has 3 heterocycles. The summed E-state index contributed by atoms with van der Waals surface area (Å²) in [6.07, 6.45) is 4.11. The Balaban J connectivity index is 0.00000361. The molecule has 0 atom stereocenters. The first-order valence-corrected chi connectivity index (χ1v) is 12.9. The van der Waals surface area contributed by atoms with Gasteiger partial charge in [0.1, 0.15) is 0 Å². The Morgan fingerprint density at radius 2 is 1.69 bits per heavy atom. The molecule has 0 saturated carbocycles. The number of carbonyl (C=O) groups excluding carboxylic acids is 1. The van der Waals surface area contributed by atoms with E-state index >= 15 is 0 Å². The van der Waals surface area contributed by atoms with Gasteiger partial charge >= 0.3 is 5.51 Å². The Bertz CT molecular complexity index is 955. The molecule has 0 radical (unpaired) electrons. The van der Waals surface area contributed by atoms with Crippen LogP contribution < -0.4 is 10.2 Å². The van der Waals surface area contributed by atoms with Gasteiger partial charge in [-0.3, -0.25) is 14.7 Å². The largest absolute Gasteiger partial charge is 0.446 e. The molecule has 0 spiro atoms. The van der Waals surface area contributed by atoms with E-state index in [1.165, 1.54) is 12.1 Å². The fourth-order valence-electron chi connectivity index (χ4n) is 4.55. The second-order valence-corrected chi connectivity index (χ2v) is 10.2. The van der Waals surface area contributed by atoms with Gasteiger partial charge in [-0.1, -0.05) is 7.43 Å². The number of likely N-dealkylation sites (tertiary alicyclic amines) is 1. The van der Waals surface area contributed by atoms with Gasteiger partial charge in [0.2, 0.25) is 5.91 Å². The minimum atomic E-state index is -4.28. The second kappa shape index (κ2) is 12.7. The number of benzene rings is 1. The molecular formula is C26H36F3N5OS. The molecule has 1 aromatic carbocycles. The van der Waals surface area contributed by atoms with Crippen molar-refractivity contribution in [1.29, 1.82) is 0 Å². The smallest absolute Gasteiger partial charge is 0.382 e. The van der Waals surface area contributed by atoms with Crippen LogP contribution in [0.1, 0.15) is 32.4 Å². The van der Waals surface area contributed by atoms with Crippen LogP contribution in [0.2, 0.25) is 0 Å². The maximum Gasteiger partial charge on any atom is 0.446 e. The van der Waals surface area contributed by atoms with Crippen LogP contribution in [-0.2, 0) is 4.79 Å². The zero-order valence-corrected chi connectivity index (χ0v) is 20.7. The number of nitrogens with zero attached hydrogens (tertiary/aromatic N) is 4. The number of alkyl halides is 3. The van der Waals surface area contributed by atoms with Gasteiger partial charge in [0.15, 0.2) is 0 Å². The molecule has 2 aromatic rings. The molecule has 1 aromatic heterocycles. The van der Waals surface area contributed by atoms with E-state index in [2.05, 4.69) is 26.2 Å². The van der Waals surface area contributed by atoms with Crippen molar-refractivity contribution in [3.8, 4) is 0 Å². The van der Waals surface area contributed by atoms with Crippen LogP contribution in [0.4, 0.5) is 24.5 Å². The molecule has 2 fully saturated rings. The van der Waals surface area contributed by atoms with Crippen molar-refractivity contribution in [1.82, 2.24) is 14.8 Å². The number of piperazine rings is 1. The van der Waals surface area contributed by atoms with Crippen LogP contribution in [0.15, 0.2) is 47.5 Å². The van der Waals surface area contributed by atoms with E-state index in [-0.39, 0.29) is 36.0 Å². The maximum absolute atomic E-state index is 12.7. The normalized spacial score (nSPS) is 17.6. The highest BCUT2D eigenvalue weighted by Gasteiger charge is 2.29. The molecule has 0 unspecified atom stereocenters. The minimum absolute atomic E-state index is 0. The third-order valence-electron chi connectivity index (χ3n) is 6.58. The Morgan fingerprint density at radius 1 is 1.03 bits per heavy atom. The molecule has 1 amide bonds. The van der Waals surface area contributed by atoms with E-state index in [0.717, 1.165) is 62.6 Å². The molecule has 1 N–H and O–H groups in total. The summed E-state index contributed by atoms with van der Waals surface area (Å²) in [6, 6.07) is 10.7. The zero-order chi connectivity index (χ0) is 24.8. The van der Waals surface area contributed by atoms with Crippen LogP contribution in [0, 0.1) is 6.92 Å². The number of thioether (sulfide) groups is 1. The number of pyridine rings is 1. The molecule has 2 saturated heterocycles. The van der Waals surface area contributed by atoms with Crippen molar-refractivity contribution in [2.45, 2.75) is 50.1 Å². The lowest BCUT2D eigenvalue weighted by atomic mass is 10.0. The molecule has 198 valence electrons. The first kappa shape index (κ1) is 28.1. The fourth-order valence-corrected chi connectivity index (χ4v) is 5.09. The lowest BCUT2D eigenvalue weighted by Crippen LogP contribution is -2.48. The third kappa shape index (κ3) is 8.30. The van der Waals surface area contributed by atoms with Crippen molar-refractivity contribution >= 4 is 29.0 Å². The van der Waals surface area contributed by atoms with Gasteiger partial charge in [-0.05, 0) is 67.9 Å². The molecule has 0 bridgehead atoms. The Kier molecular flexibility index (Phi) is 9.90. The summed E-state index contributed by atoms with van der Waals surface area (Å²) in [5.74, 6) is 0.196. The topological polar surface area (TPSA) is 51.7 Å². The van der Waals surface area contributed by atoms with Crippen molar-refractivity contribution in [3.05, 3.63) is 48.3 Å². The number of hydrogen-bond acceptors (Lipinski definition) is 6. The first-order valence-electron chi connectivity index (χ1n) is 12.1. The average Bonchev–Trinajstić information content (AvgIpc) is 2.84. The van der Waals surface area contributed by atoms with Crippen LogP contribution in [-0.4, -0.2) is 78.1 Å². The van der Waals surface area contributed by atoms with E-state index in [0.29, 0.717) is 19.5 Å². The van der Waals surface area contributed by atoms with Crippen molar-refractivity contribution < 1.29 is 18.0 Å². The number of amides is 1. The van der Waals surface area contributed by atoms with E-state index < -0.39 is 5.51 Å². The number of rotatable bonds is 7. The summed E-state index contributed by atoms with van der Waals surface area (Å²) in [6.45, 7) is 7.91. The van der Waals surface area contributed by atoms with Crippen molar-refractivity contribution in [3.63, 3.8) is 0 Å². The minimum Gasteiger partial charge on any atom is -0.382 e. The number of aryl methyl sites for hydroxylation is 1. The predicted octanol–water partition coefficient (Wildman–Crippen LogP) is 5.25. The van der Waals surface area contributed by atoms with E-state index in [9.17, 15) is 18.0 Å². The SMILES string of the molecule is C.Cc1ccc(N2CCN(CCC(=O)N3CCC(Nc4ccc(SC(F)(F)F)cc4)CC3)CC2)cn1. The molecule has 6 nitrogen and oxygen atoms in total. The molecule has 4 rings (SSSR count). The van der Waals surface area contributed by atoms with Gasteiger partial charge < -0.3 is 15.1 Å². The van der Waals surface area contributed by atoms with Gasteiger partial charge in [0.05, 0.1) is 11.9 Å². The van der Waals surface area contributed by atoms with Crippen LogP contribution in [0.5, 0.6) is 0 Å². The third-order valence-corrected chi connectivity index (χ3v) is 7.32. The summed E-state index contributed by atoms with van der Waals surface area (Å²) in [5.41, 5.74) is -1.30. The highest BCUT2D eigenvalue weighted by molar-refractivity contribution is 8.00. The molecular weight excluding hydrogens is 487 g/mol. The van der Waals surface area contributed by atoms with E-state index in [4.69, 9.17) is 0 Å². The van der Waals surface area contributed by atoms with Crippen LogP contribution in [0.3, 0.4) is 0 Å². The number of anilines is 2. The maximum atomic E-state index is 12.7. The average molecular weight is 524 g/mol. The standard InChI is InChI=1S/C25H32F3N5OS.CH4/c1-19-2-5-22(18-29-19)32-16-14-31(15-17-32)11-10-24(34)33-12-8-21(9-13-33)30-20-3-6-23(7-4-20)35-25(26,27)28;/h2-7,18,21,30H,8-17H2,1H3;1H4. The Hall–Kier alpha value is -2.46. The number of carbonyl (C=O) groups is 1. The number of halogens is 3. The van der Waals surface area contributed by atoms with Crippen molar-refractivity contribution in [2.24, 2.45) is 0 Å². The predicted molar refractivity (Wildman–Crippen MR) is 141 cm³/mol. The van der Waals surface area contributed by atoms with Crippen molar-refractivity contribution in [2.75, 3.05) is 56.0 Å². The molecule has 36 heavy (non-hydrogen) atoms. The molecule has 2 aliphatic heterocycles. The number of hydrogen-bond donors (Lipinski definition) is 1. The lowest BCUT2D eigenvalue weighted by Gasteiger charge is -2.37. The summed E-state index contributed by atoms with van der Waals surface area (Å²) >= 11 is -0.107. The van der Waals surface area contributed by atoms with Gasteiger partial charge in [0, 0.05) is 74.6 Å². The van der Waals surface area contributed by atoms with Gasteiger partial charge in [-0.25, -0.2) is 0 Å². The van der Waals surface area contributed by atoms with E-state index in [1.54, 1.807) is 12.1 Å². The quantitative estimate of drug-likeness (QED) is 0.500. The highest BCUT2D eigenvalue weighted by Crippen LogP contribution is 2.37. The molecule has 2 aliphatic rings. The van der Waals surface area contributed by atoms with E-state index in [1.807, 2.05) is 24.1 Å². The summed E-state index contributed by atoms with van der Waals surface area (Å²) in [7, 11) is 0.